The van der Waals surface area contributed by atoms with Crippen LogP contribution in [-0.2, 0) is 6.42 Å². The minimum Gasteiger partial charge on any atom is -0.206 e. The van der Waals surface area contributed by atoms with Crippen LogP contribution in [-0.4, -0.2) is 5.38 Å². The zero-order valence-electron chi connectivity index (χ0n) is 10.6. The van der Waals surface area contributed by atoms with Crippen LogP contribution in [0.25, 0.3) is 0 Å². The Labute approximate surface area is 117 Å². The van der Waals surface area contributed by atoms with Gasteiger partial charge in [-0.3, -0.25) is 0 Å². The maximum Gasteiger partial charge on any atom is 0.137 e. The van der Waals surface area contributed by atoms with Gasteiger partial charge < -0.3 is 0 Å². The molecule has 0 heterocycles. The van der Waals surface area contributed by atoms with Crippen LogP contribution in [0.5, 0.6) is 0 Å². The standard InChI is InChI=1S/C14H19BrClF/c1-14(2,3)12(16)9-5-7-10-6-4-8-11(17)13(10)15/h4,6,8,12H,5,7,9H2,1-3H3. The van der Waals surface area contributed by atoms with Crippen molar-refractivity contribution >= 4 is 27.5 Å². The lowest BCUT2D eigenvalue weighted by atomic mass is 9.88. The molecule has 0 saturated carbocycles. The van der Waals surface area contributed by atoms with Crippen LogP contribution in [0.2, 0.25) is 0 Å². The molecule has 0 radical (unpaired) electrons. The number of rotatable bonds is 4. The number of alkyl halides is 1. The molecule has 0 spiro atoms. The molecule has 1 atom stereocenters. The molecule has 1 aromatic carbocycles. The van der Waals surface area contributed by atoms with Crippen molar-refractivity contribution in [1.29, 1.82) is 0 Å². The predicted molar refractivity (Wildman–Crippen MR) is 76.1 cm³/mol. The SMILES string of the molecule is CC(C)(C)C(Cl)CCCc1cccc(F)c1Br. The molecule has 96 valence electrons. The van der Waals surface area contributed by atoms with E-state index < -0.39 is 0 Å². The Morgan fingerprint density at radius 3 is 2.59 bits per heavy atom. The van der Waals surface area contributed by atoms with E-state index in [1.165, 1.54) is 6.07 Å². The van der Waals surface area contributed by atoms with Gasteiger partial charge in [-0.05, 0) is 52.2 Å². The number of halogens is 3. The highest BCUT2D eigenvalue weighted by Gasteiger charge is 2.21. The third-order valence-corrected chi connectivity index (χ3v) is 4.64. The van der Waals surface area contributed by atoms with Crippen molar-refractivity contribution in [1.82, 2.24) is 0 Å². The summed E-state index contributed by atoms with van der Waals surface area (Å²) < 4.78 is 13.9. The van der Waals surface area contributed by atoms with Crippen LogP contribution < -0.4 is 0 Å². The Bertz CT molecular complexity index is 371. The molecule has 0 N–H and O–H groups in total. The average molecular weight is 322 g/mol. The summed E-state index contributed by atoms with van der Waals surface area (Å²) in [5.74, 6) is -0.194. The van der Waals surface area contributed by atoms with Gasteiger partial charge in [0.25, 0.3) is 0 Å². The largest absolute Gasteiger partial charge is 0.206 e. The molecule has 0 bridgehead atoms. The van der Waals surface area contributed by atoms with Crippen LogP contribution in [0.15, 0.2) is 22.7 Å². The van der Waals surface area contributed by atoms with E-state index in [-0.39, 0.29) is 16.6 Å². The van der Waals surface area contributed by atoms with Gasteiger partial charge in [-0.1, -0.05) is 32.9 Å². The zero-order valence-corrected chi connectivity index (χ0v) is 12.9. The lowest BCUT2D eigenvalue weighted by Gasteiger charge is -2.25. The second-order valence-electron chi connectivity index (χ2n) is 5.44. The molecule has 1 aromatic rings. The smallest absolute Gasteiger partial charge is 0.137 e. The van der Waals surface area contributed by atoms with E-state index in [1.807, 2.05) is 6.07 Å². The van der Waals surface area contributed by atoms with E-state index in [4.69, 9.17) is 11.6 Å². The highest BCUT2D eigenvalue weighted by molar-refractivity contribution is 9.10. The molecule has 1 rings (SSSR count). The highest BCUT2D eigenvalue weighted by atomic mass is 79.9. The summed E-state index contributed by atoms with van der Waals surface area (Å²) in [4.78, 5) is 0. The van der Waals surface area contributed by atoms with E-state index in [0.717, 1.165) is 24.8 Å². The van der Waals surface area contributed by atoms with E-state index in [2.05, 4.69) is 36.7 Å². The minimum atomic E-state index is -0.194. The molecule has 0 aliphatic carbocycles. The van der Waals surface area contributed by atoms with Crippen molar-refractivity contribution < 1.29 is 4.39 Å². The van der Waals surface area contributed by atoms with Gasteiger partial charge in [0, 0.05) is 5.38 Å². The fourth-order valence-electron chi connectivity index (χ4n) is 1.65. The molecule has 0 nitrogen and oxygen atoms in total. The first kappa shape index (κ1) is 15.0. The fourth-order valence-corrected chi connectivity index (χ4v) is 2.26. The molecule has 0 fully saturated rings. The van der Waals surface area contributed by atoms with Crippen LogP contribution in [0.4, 0.5) is 4.39 Å². The van der Waals surface area contributed by atoms with Gasteiger partial charge in [-0.2, -0.15) is 0 Å². The zero-order chi connectivity index (χ0) is 13.1. The quantitative estimate of drug-likeness (QED) is 0.636. The Kier molecular flexibility index (Phi) is 5.46. The summed E-state index contributed by atoms with van der Waals surface area (Å²) in [6, 6.07) is 5.16. The molecular weight excluding hydrogens is 303 g/mol. The van der Waals surface area contributed by atoms with Crippen LogP contribution >= 0.6 is 27.5 Å². The van der Waals surface area contributed by atoms with E-state index in [0.29, 0.717) is 4.47 Å². The molecule has 0 aliphatic heterocycles. The van der Waals surface area contributed by atoms with Crippen molar-refractivity contribution in [2.75, 3.05) is 0 Å². The van der Waals surface area contributed by atoms with Crippen LogP contribution in [0, 0.1) is 11.2 Å². The van der Waals surface area contributed by atoms with Gasteiger partial charge in [-0.15, -0.1) is 11.6 Å². The van der Waals surface area contributed by atoms with Crippen molar-refractivity contribution in [2.24, 2.45) is 5.41 Å². The third kappa shape index (κ3) is 4.59. The first-order valence-corrected chi connectivity index (χ1v) is 7.12. The summed E-state index contributed by atoms with van der Waals surface area (Å²) in [6.45, 7) is 6.42. The van der Waals surface area contributed by atoms with Gasteiger partial charge >= 0.3 is 0 Å². The Morgan fingerprint density at radius 1 is 1.35 bits per heavy atom. The Morgan fingerprint density at radius 2 is 2.00 bits per heavy atom. The molecule has 3 heteroatoms. The molecule has 0 saturated heterocycles. The van der Waals surface area contributed by atoms with Crippen molar-refractivity contribution in [3.8, 4) is 0 Å². The normalized spacial score (nSPS) is 13.8. The predicted octanol–water partition coefficient (Wildman–Crippen LogP) is 5.56. The van der Waals surface area contributed by atoms with E-state index in [1.54, 1.807) is 6.07 Å². The second kappa shape index (κ2) is 6.19. The van der Waals surface area contributed by atoms with Gasteiger partial charge in [0.05, 0.1) is 4.47 Å². The summed E-state index contributed by atoms with van der Waals surface area (Å²) in [5, 5.41) is 0.162. The Hall–Kier alpha value is -0.0800. The maximum absolute atomic E-state index is 13.3. The number of aryl methyl sites for hydroxylation is 1. The molecule has 1 unspecified atom stereocenters. The fraction of sp³-hybridized carbons (Fsp3) is 0.571. The maximum atomic E-state index is 13.3. The van der Waals surface area contributed by atoms with Crippen molar-refractivity contribution in [3.63, 3.8) is 0 Å². The van der Waals surface area contributed by atoms with Crippen molar-refractivity contribution in [3.05, 3.63) is 34.1 Å². The number of benzene rings is 1. The van der Waals surface area contributed by atoms with Gasteiger partial charge in [0.1, 0.15) is 5.82 Å². The molecule has 0 amide bonds. The lowest BCUT2D eigenvalue weighted by Crippen LogP contribution is -2.20. The van der Waals surface area contributed by atoms with Gasteiger partial charge in [0.2, 0.25) is 0 Å². The Balaban J connectivity index is 2.49. The number of hydrogen-bond acceptors (Lipinski definition) is 0. The van der Waals surface area contributed by atoms with E-state index >= 15 is 0 Å². The molecule has 0 aromatic heterocycles. The van der Waals surface area contributed by atoms with E-state index in [9.17, 15) is 4.39 Å². The number of hydrogen-bond donors (Lipinski definition) is 0. The second-order valence-corrected chi connectivity index (χ2v) is 6.76. The first-order valence-electron chi connectivity index (χ1n) is 5.89. The van der Waals surface area contributed by atoms with Crippen molar-refractivity contribution in [2.45, 2.75) is 45.4 Å². The first-order chi connectivity index (χ1) is 7.82. The minimum absolute atomic E-state index is 0.126. The summed E-state index contributed by atoms with van der Waals surface area (Å²) >= 11 is 9.59. The van der Waals surface area contributed by atoms with Gasteiger partial charge in [0.15, 0.2) is 0 Å². The van der Waals surface area contributed by atoms with Crippen LogP contribution in [0.1, 0.15) is 39.2 Å². The van der Waals surface area contributed by atoms with Gasteiger partial charge in [-0.25, -0.2) is 4.39 Å². The highest BCUT2D eigenvalue weighted by Crippen LogP contribution is 2.29. The van der Waals surface area contributed by atoms with Crippen LogP contribution in [0.3, 0.4) is 0 Å². The monoisotopic (exact) mass is 320 g/mol. The molecule has 17 heavy (non-hydrogen) atoms. The topological polar surface area (TPSA) is 0 Å². The third-order valence-electron chi connectivity index (χ3n) is 2.87. The lowest BCUT2D eigenvalue weighted by molar-refractivity contribution is 0.369. The summed E-state index contributed by atoms with van der Waals surface area (Å²) in [5.41, 5.74) is 1.14. The average Bonchev–Trinajstić information content (AvgIpc) is 2.22. The summed E-state index contributed by atoms with van der Waals surface area (Å²) in [6.07, 6.45) is 2.79. The molecule has 0 aliphatic rings. The molecular formula is C14H19BrClF. The summed E-state index contributed by atoms with van der Waals surface area (Å²) in [7, 11) is 0.